The molecule has 0 bridgehead atoms. The Hall–Kier alpha value is -2.12. The molecule has 0 aromatic rings. The number of carboxylic acid groups (broad SMARTS) is 2. The second-order valence-electron chi connectivity index (χ2n) is 5.79. The Morgan fingerprint density at radius 2 is 1.54 bits per heavy atom. The Kier molecular flexibility index (Phi) is 11.2. The molecule has 0 spiro atoms. The van der Waals surface area contributed by atoms with Gasteiger partial charge in [0.25, 0.3) is 0 Å². The van der Waals surface area contributed by atoms with Gasteiger partial charge in [0.2, 0.25) is 11.8 Å². The highest BCUT2D eigenvalue weighted by Gasteiger charge is 2.24. The van der Waals surface area contributed by atoms with E-state index in [1.165, 1.54) is 6.92 Å². The molecule has 0 rings (SSSR count). The Morgan fingerprint density at radius 3 is 2.08 bits per heavy atom. The van der Waals surface area contributed by atoms with Crippen LogP contribution in [0.1, 0.15) is 65.2 Å². The van der Waals surface area contributed by atoms with Crippen LogP contribution in [0.2, 0.25) is 0 Å². The zero-order valence-electron chi connectivity index (χ0n) is 14.3. The van der Waals surface area contributed by atoms with Crippen LogP contribution in [0.25, 0.3) is 0 Å². The van der Waals surface area contributed by atoms with Gasteiger partial charge in [-0.05, 0) is 19.8 Å². The fourth-order valence-electron chi connectivity index (χ4n) is 2.07. The molecule has 0 fully saturated rings. The zero-order valence-corrected chi connectivity index (χ0v) is 14.3. The second kappa shape index (κ2) is 12.3. The maximum atomic E-state index is 12.0. The zero-order chi connectivity index (χ0) is 18.5. The van der Waals surface area contributed by atoms with E-state index < -0.39 is 29.9 Å². The lowest BCUT2D eigenvalue weighted by Crippen LogP contribution is -2.50. The maximum Gasteiger partial charge on any atom is 0.325 e. The van der Waals surface area contributed by atoms with Gasteiger partial charge in [-0.15, -0.1) is 0 Å². The molecule has 8 heteroatoms. The molecule has 0 saturated heterocycles. The number of hydrogen-bond acceptors (Lipinski definition) is 4. The molecular formula is C16H28N2O6. The van der Waals surface area contributed by atoms with Crippen molar-refractivity contribution in [2.24, 2.45) is 0 Å². The number of carbonyl (C=O) groups excluding carboxylic acids is 2. The van der Waals surface area contributed by atoms with E-state index in [0.29, 0.717) is 6.42 Å². The Bertz CT molecular complexity index is 438. The molecule has 24 heavy (non-hydrogen) atoms. The fraction of sp³-hybridized carbons (Fsp3) is 0.750. The Labute approximate surface area is 142 Å². The Morgan fingerprint density at radius 1 is 0.917 bits per heavy atom. The first kappa shape index (κ1) is 21.9. The van der Waals surface area contributed by atoms with Gasteiger partial charge < -0.3 is 20.8 Å². The molecule has 2 amide bonds. The summed E-state index contributed by atoms with van der Waals surface area (Å²) in [5.41, 5.74) is 0. The van der Waals surface area contributed by atoms with Crippen molar-refractivity contribution < 1.29 is 29.4 Å². The second-order valence-corrected chi connectivity index (χ2v) is 5.79. The van der Waals surface area contributed by atoms with E-state index in [4.69, 9.17) is 10.2 Å². The monoisotopic (exact) mass is 344 g/mol. The van der Waals surface area contributed by atoms with Gasteiger partial charge >= 0.3 is 11.9 Å². The van der Waals surface area contributed by atoms with Crippen molar-refractivity contribution in [2.75, 3.05) is 0 Å². The van der Waals surface area contributed by atoms with Crippen molar-refractivity contribution >= 4 is 23.8 Å². The summed E-state index contributed by atoms with van der Waals surface area (Å²) in [5.74, 6) is -3.32. The van der Waals surface area contributed by atoms with Gasteiger partial charge in [-0.2, -0.15) is 0 Å². The summed E-state index contributed by atoms with van der Waals surface area (Å²) in [6, 6.07) is -2.16. The summed E-state index contributed by atoms with van der Waals surface area (Å²) in [6.45, 7) is 3.39. The van der Waals surface area contributed by atoms with Crippen molar-refractivity contribution in [3.63, 3.8) is 0 Å². The molecule has 0 heterocycles. The number of amides is 2. The minimum atomic E-state index is -1.21. The molecular weight excluding hydrogens is 316 g/mol. The van der Waals surface area contributed by atoms with E-state index in [-0.39, 0.29) is 25.2 Å². The standard InChI is InChI=1S/C16H28N2O6/c1-3-4-5-6-7-8-13(19)18-12(9-10-14(20)21)15(22)17-11(2)16(23)24/h11-12H,3-10H2,1-2H3,(H,17,22)(H,18,19)(H,20,21)(H,23,24). The summed E-state index contributed by atoms with van der Waals surface area (Å²) in [5, 5.41) is 22.3. The molecule has 0 saturated carbocycles. The van der Waals surface area contributed by atoms with Gasteiger partial charge in [-0.3, -0.25) is 19.2 Å². The smallest absolute Gasteiger partial charge is 0.325 e. The molecule has 8 nitrogen and oxygen atoms in total. The number of carboxylic acids is 2. The van der Waals surface area contributed by atoms with Crippen LogP contribution in [0.4, 0.5) is 0 Å². The lowest BCUT2D eigenvalue weighted by molar-refractivity contribution is -0.142. The summed E-state index contributed by atoms with van der Waals surface area (Å²) >= 11 is 0. The largest absolute Gasteiger partial charge is 0.481 e. The van der Waals surface area contributed by atoms with Crippen LogP contribution >= 0.6 is 0 Å². The molecule has 2 atom stereocenters. The first-order valence-electron chi connectivity index (χ1n) is 8.32. The summed E-state index contributed by atoms with van der Waals surface area (Å²) < 4.78 is 0. The minimum Gasteiger partial charge on any atom is -0.481 e. The quantitative estimate of drug-likeness (QED) is 0.372. The average Bonchev–Trinajstić information content (AvgIpc) is 2.50. The highest BCUT2D eigenvalue weighted by atomic mass is 16.4. The van der Waals surface area contributed by atoms with Gasteiger partial charge in [-0.25, -0.2) is 0 Å². The van der Waals surface area contributed by atoms with Crippen molar-refractivity contribution in [1.82, 2.24) is 10.6 Å². The molecule has 4 N–H and O–H groups in total. The van der Waals surface area contributed by atoms with Crippen LogP contribution in [-0.4, -0.2) is 46.0 Å². The van der Waals surface area contributed by atoms with Gasteiger partial charge in [0, 0.05) is 12.8 Å². The number of hydrogen-bond donors (Lipinski definition) is 4. The molecule has 0 aliphatic carbocycles. The van der Waals surface area contributed by atoms with Crippen molar-refractivity contribution in [1.29, 1.82) is 0 Å². The normalized spacial score (nSPS) is 12.9. The molecule has 0 aromatic heterocycles. The van der Waals surface area contributed by atoms with Crippen molar-refractivity contribution in [2.45, 2.75) is 77.3 Å². The van der Waals surface area contributed by atoms with Gasteiger partial charge in [-0.1, -0.05) is 32.6 Å². The predicted octanol–water partition coefficient (Wildman–Crippen LogP) is 1.29. The van der Waals surface area contributed by atoms with Gasteiger partial charge in [0.1, 0.15) is 12.1 Å². The highest BCUT2D eigenvalue weighted by molar-refractivity contribution is 5.90. The van der Waals surface area contributed by atoms with Crippen LogP contribution < -0.4 is 10.6 Å². The summed E-state index contributed by atoms with van der Waals surface area (Å²) in [7, 11) is 0. The van der Waals surface area contributed by atoms with Crippen molar-refractivity contribution in [3.8, 4) is 0 Å². The van der Waals surface area contributed by atoms with Crippen LogP contribution in [0.5, 0.6) is 0 Å². The van der Waals surface area contributed by atoms with Crippen LogP contribution in [-0.2, 0) is 19.2 Å². The molecule has 138 valence electrons. The lowest BCUT2D eigenvalue weighted by Gasteiger charge is -2.19. The SMILES string of the molecule is CCCCCCCC(=O)NC(CCC(=O)O)C(=O)NC(C)C(=O)O. The number of nitrogens with one attached hydrogen (secondary N) is 2. The molecule has 0 aliphatic heterocycles. The number of aliphatic carboxylic acids is 2. The summed E-state index contributed by atoms with van der Waals surface area (Å²) in [4.78, 5) is 45.4. The third kappa shape index (κ3) is 10.6. The van der Waals surface area contributed by atoms with Crippen LogP contribution in [0.3, 0.4) is 0 Å². The lowest BCUT2D eigenvalue weighted by atomic mass is 10.1. The van der Waals surface area contributed by atoms with Gasteiger partial charge in [0.05, 0.1) is 0 Å². The fourth-order valence-corrected chi connectivity index (χ4v) is 2.07. The van der Waals surface area contributed by atoms with Crippen LogP contribution in [0.15, 0.2) is 0 Å². The maximum absolute atomic E-state index is 12.0. The Balaban J connectivity index is 4.47. The first-order chi connectivity index (χ1) is 11.3. The van der Waals surface area contributed by atoms with E-state index in [1.54, 1.807) is 0 Å². The molecule has 0 aliphatic rings. The first-order valence-corrected chi connectivity index (χ1v) is 8.32. The van der Waals surface area contributed by atoms with E-state index in [2.05, 4.69) is 17.6 Å². The number of carbonyl (C=O) groups is 4. The van der Waals surface area contributed by atoms with E-state index in [1.807, 2.05) is 0 Å². The third-order valence-corrected chi connectivity index (χ3v) is 3.54. The summed E-state index contributed by atoms with van der Waals surface area (Å²) in [6.07, 6.45) is 4.75. The van der Waals surface area contributed by atoms with E-state index >= 15 is 0 Å². The topological polar surface area (TPSA) is 133 Å². The minimum absolute atomic E-state index is 0.0882. The number of rotatable bonds is 13. The predicted molar refractivity (Wildman–Crippen MR) is 87.4 cm³/mol. The number of unbranched alkanes of at least 4 members (excludes halogenated alkanes) is 4. The van der Waals surface area contributed by atoms with Crippen LogP contribution in [0, 0.1) is 0 Å². The van der Waals surface area contributed by atoms with E-state index in [9.17, 15) is 19.2 Å². The van der Waals surface area contributed by atoms with Crippen molar-refractivity contribution in [3.05, 3.63) is 0 Å². The van der Waals surface area contributed by atoms with Gasteiger partial charge in [0.15, 0.2) is 0 Å². The van der Waals surface area contributed by atoms with E-state index in [0.717, 1.165) is 25.7 Å². The average molecular weight is 344 g/mol. The third-order valence-electron chi connectivity index (χ3n) is 3.54. The molecule has 0 radical (unpaired) electrons. The molecule has 0 aromatic carbocycles. The molecule has 2 unspecified atom stereocenters. The highest BCUT2D eigenvalue weighted by Crippen LogP contribution is 2.06.